The number of amides is 1. The summed E-state index contributed by atoms with van der Waals surface area (Å²) < 4.78 is 10.7. The predicted molar refractivity (Wildman–Crippen MR) is 87.5 cm³/mol. The average Bonchev–Trinajstić information content (AvgIpc) is 3.24. The second-order valence-electron chi connectivity index (χ2n) is 5.23. The highest BCUT2D eigenvalue weighted by atomic mass is 32.1. The van der Waals surface area contributed by atoms with Crippen LogP contribution in [0, 0.1) is 13.8 Å². The number of aliphatic hydroxyl groups is 1. The lowest BCUT2D eigenvalue weighted by Gasteiger charge is -2.09. The maximum Gasteiger partial charge on any atom is 0.254 e. The third kappa shape index (κ3) is 3.38. The van der Waals surface area contributed by atoms with Gasteiger partial charge in [0.05, 0.1) is 16.7 Å². The molecule has 3 aromatic heterocycles. The molecule has 0 aliphatic heterocycles. The lowest BCUT2D eigenvalue weighted by Crippen LogP contribution is -2.28. The summed E-state index contributed by atoms with van der Waals surface area (Å²) in [6.45, 7) is 3.67. The van der Waals surface area contributed by atoms with E-state index in [-0.39, 0.29) is 12.5 Å². The van der Waals surface area contributed by atoms with Gasteiger partial charge in [0.2, 0.25) is 0 Å². The first kappa shape index (κ1) is 15.6. The van der Waals surface area contributed by atoms with Crippen LogP contribution in [0.5, 0.6) is 0 Å². The van der Waals surface area contributed by atoms with Crippen molar-refractivity contribution < 1.29 is 18.7 Å². The van der Waals surface area contributed by atoms with Crippen molar-refractivity contribution in [3.63, 3.8) is 0 Å². The highest BCUT2D eigenvalue weighted by Crippen LogP contribution is 2.31. The fraction of sp³-hybridized carbons (Fsp3) is 0.235. The molecule has 5 nitrogen and oxygen atoms in total. The molecule has 1 amide bonds. The maximum absolute atomic E-state index is 12.1. The maximum atomic E-state index is 12.1. The summed E-state index contributed by atoms with van der Waals surface area (Å²) >= 11 is 1.44. The summed E-state index contributed by atoms with van der Waals surface area (Å²) in [6.07, 6.45) is 0.849. The smallest absolute Gasteiger partial charge is 0.254 e. The molecule has 1 unspecified atom stereocenters. The summed E-state index contributed by atoms with van der Waals surface area (Å²) in [5.41, 5.74) is 0.497. The fourth-order valence-corrected chi connectivity index (χ4v) is 3.29. The van der Waals surface area contributed by atoms with Crippen molar-refractivity contribution in [3.05, 3.63) is 58.6 Å². The molecule has 3 aromatic rings. The van der Waals surface area contributed by atoms with Gasteiger partial charge in [0.25, 0.3) is 5.91 Å². The van der Waals surface area contributed by atoms with Crippen LogP contribution in [-0.2, 0) is 0 Å². The number of aryl methyl sites for hydroxylation is 2. The first-order chi connectivity index (χ1) is 11.0. The summed E-state index contributed by atoms with van der Waals surface area (Å²) in [5, 5.41) is 13.0. The Labute approximate surface area is 137 Å². The number of hydrogen-bond acceptors (Lipinski definition) is 5. The van der Waals surface area contributed by atoms with E-state index in [9.17, 15) is 9.90 Å². The molecule has 1 atom stereocenters. The van der Waals surface area contributed by atoms with E-state index in [2.05, 4.69) is 5.32 Å². The summed E-state index contributed by atoms with van der Waals surface area (Å²) in [5.74, 6) is 1.78. The largest absolute Gasteiger partial charge is 0.466 e. The number of hydrogen-bond donors (Lipinski definition) is 2. The minimum absolute atomic E-state index is 0.139. The van der Waals surface area contributed by atoms with Gasteiger partial charge in [0.15, 0.2) is 0 Å². The molecule has 0 fully saturated rings. The summed E-state index contributed by atoms with van der Waals surface area (Å²) in [6, 6.07) is 9.12. The van der Waals surface area contributed by atoms with Crippen LogP contribution in [0.3, 0.4) is 0 Å². The summed E-state index contributed by atoms with van der Waals surface area (Å²) in [4.78, 5) is 13.8. The van der Waals surface area contributed by atoms with Crippen LogP contribution >= 0.6 is 11.3 Å². The lowest BCUT2D eigenvalue weighted by molar-refractivity contribution is 0.0916. The molecule has 0 radical (unpaired) electrons. The van der Waals surface area contributed by atoms with Crippen LogP contribution in [0.2, 0.25) is 0 Å². The van der Waals surface area contributed by atoms with E-state index in [1.54, 1.807) is 26.2 Å². The van der Waals surface area contributed by atoms with Crippen LogP contribution in [-0.4, -0.2) is 17.6 Å². The van der Waals surface area contributed by atoms with E-state index < -0.39 is 6.10 Å². The number of aliphatic hydroxyl groups excluding tert-OH is 1. The first-order valence-corrected chi connectivity index (χ1v) is 8.03. The zero-order valence-electron chi connectivity index (χ0n) is 12.8. The van der Waals surface area contributed by atoms with Crippen molar-refractivity contribution >= 4 is 17.2 Å². The molecule has 0 aliphatic carbocycles. The van der Waals surface area contributed by atoms with Gasteiger partial charge in [-0.3, -0.25) is 4.79 Å². The minimum atomic E-state index is -0.763. The predicted octanol–water partition coefficient (Wildman–Crippen LogP) is 3.68. The average molecular weight is 331 g/mol. The lowest BCUT2D eigenvalue weighted by atomic mass is 10.2. The molecule has 0 spiro atoms. The Hall–Kier alpha value is -2.31. The van der Waals surface area contributed by atoms with Crippen molar-refractivity contribution in [2.75, 3.05) is 6.54 Å². The highest BCUT2D eigenvalue weighted by molar-refractivity contribution is 7.15. The normalized spacial score (nSPS) is 12.3. The molecular weight excluding hydrogens is 314 g/mol. The number of carbonyl (C=O) groups is 1. The fourth-order valence-electron chi connectivity index (χ4n) is 2.32. The van der Waals surface area contributed by atoms with E-state index in [1.807, 2.05) is 24.3 Å². The molecule has 0 saturated heterocycles. The highest BCUT2D eigenvalue weighted by Gasteiger charge is 2.17. The van der Waals surface area contributed by atoms with Crippen LogP contribution in [0.1, 0.15) is 32.9 Å². The van der Waals surface area contributed by atoms with Crippen molar-refractivity contribution in [2.45, 2.75) is 20.0 Å². The third-order valence-electron chi connectivity index (χ3n) is 3.46. The number of rotatable bonds is 5. The van der Waals surface area contributed by atoms with Gasteiger partial charge in [-0.1, -0.05) is 0 Å². The third-order valence-corrected chi connectivity index (χ3v) is 4.66. The molecule has 0 saturated carbocycles. The van der Waals surface area contributed by atoms with Gasteiger partial charge < -0.3 is 19.3 Å². The number of furan rings is 2. The van der Waals surface area contributed by atoms with E-state index >= 15 is 0 Å². The second-order valence-corrected chi connectivity index (χ2v) is 6.35. The Morgan fingerprint density at radius 1 is 1.35 bits per heavy atom. The quantitative estimate of drug-likeness (QED) is 0.748. The van der Waals surface area contributed by atoms with Gasteiger partial charge in [-0.2, -0.15) is 0 Å². The minimum Gasteiger partial charge on any atom is -0.466 e. The van der Waals surface area contributed by atoms with Gasteiger partial charge in [-0.25, -0.2) is 0 Å². The molecule has 3 heterocycles. The Bertz CT molecular complexity index is 801. The number of nitrogens with one attached hydrogen (secondary N) is 1. The Balaban J connectivity index is 1.62. The topological polar surface area (TPSA) is 75.6 Å². The Kier molecular flexibility index (Phi) is 4.36. The van der Waals surface area contributed by atoms with Crippen LogP contribution < -0.4 is 5.32 Å². The van der Waals surface area contributed by atoms with E-state index in [4.69, 9.17) is 8.83 Å². The molecule has 0 aliphatic rings. The van der Waals surface area contributed by atoms with Crippen molar-refractivity contribution in [2.24, 2.45) is 0 Å². The molecule has 0 bridgehead atoms. The van der Waals surface area contributed by atoms with Gasteiger partial charge >= 0.3 is 0 Å². The van der Waals surface area contributed by atoms with E-state index in [0.717, 1.165) is 15.5 Å². The van der Waals surface area contributed by atoms with E-state index in [1.165, 1.54) is 11.3 Å². The van der Waals surface area contributed by atoms with Gasteiger partial charge in [-0.15, -0.1) is 11.3 Å². The van der Waals surface area contributed by atoms with Gasteiger partial charge in [0, 0.05) is 11.4 Å². The van der Waals surface area contributed by atoms with Crippen LogP contribution in [0.4, 0.5) is 0 Å². The van der Waals surface area contributed by atoms with Crippen molar-refractivity contribution in [3.8, 4) is 10.6 Å². The Morgan fingerprint density at radius 3 is 2.83 bits per heavy atom. The zero-order valence-corrected chi connectivity index (χ0v) is 13.6. The van der Waals surface area contributed by atoms with Crippen molar-refractivity contribution in [1.82, 2.24) is 5.32 Å². The van der Waals surface area contributed by atoms with Crippen LogP contribution in [0.25, 0.3) is 10.6 Å². The van der Waals surface area contributed by atoms with Gasteiger partial charge in [-0.05, 0) is 44.2 Å². The van der Waals surface area contributed by atoms with Crippen LogP contribution in [0.15, 0.2) is 45.4 Å². The molecule has 6 heteroatoms. The molecular formula is C17H17NO4S. The van der Waals surface area contributed by atoms with E-state index in [0.29, 0.717) is 17.1 Å². The summed E-state index contributed by atoms with van der Waals surface area (Å²) in [7, 11) is 0. The standard InChI is InChI=1S/C17H17NO4S/c1-10-8-12(11(2)22-10)17(20)18-9-13(19)15-5-6-16(23-15)14-4-3-7-21-14/h3-8,13,19H,9H2,1-2H3,(H,18,20). The molecule has 23 heavy (non-hydrogen) atoms. The number of carbonyl (C=O) groups excluding carboxylic acids is 1. The second kappa shape index (κ2) is 6.44. The number of thiophene rings is 1. The SMILES string of the molecule is Cc1cc(C(=O)NCC(O)c2ccc(-c3ccco3)s2)c(C)o1. The molecule has 2 N–H and O–H groups in total. The molecule has 3 rings (SSSR count). The monoisotopic (exact) mass is 331 g/mol. The molecule has 0 aromatic carbocycles. The molecule has 120 valence electrons. The first-order valence-electron chi connectivity index (χ1n) is 7.21. The zero-order chi connectivity index (χ0) is 16.4. The Morgan fingerprint density at radius 2 is 2.17 bits per heavy atom. The van der Waals surface area contributed by atoms with Crippen molar-refractivity contribution in [1.29, 1.82) is 0 Å². The van der Waals surface area contributed by atoms with Gasteiger partial charge in [0.1, 0.15) is 23.4 Å².